The van der Waals surface area contributed by atoms with Gasteiger partial charge in [-0.05, 0) is 5.56 Å². The van der Waals surface area contributed by atoms with Gasteiger partial charge in [0.05, 0.1) is 11.9 Å². The minimum atomic E-state index is 0.563. The maximum atomic E-state index is 4.36. The van der Waals surface area contributed by atoms with Crippen LogP contribution in [0.5, 0.6) is 0 Å². The molecule has 3 aromatic rings. The zero-order valence-electron chi connectivity index (χ0n) is 8.46. The molecule has 5 heteroatoms. The zero-order valence-corrected chi connectivity index (χ0v) is 8.46. The molecule has 16 heavy (non-hydrogen) atoms. The molecule has 0 aliphatic carbocycles. The summed E-state index contributed by atoms with van der Waals surface area (Å²) in [6.45, 7) is 0. The average molecular weight is 211 g/mol. The molecule has 0 atom stereocenters. The van der Waals surface area contributed by atoms with Gasteiger partial charge in [-0.15, -0.1) is 5.10 Å². The fraction of sp³-hybridized carbons (Fsp3) is 0.0909. The molecule has 78 valence electrons. The Hall–Kier alpha value is -2.30. The van der Waals surface area contributed by atoms with Crippen molar-refractivity contribution in [3.63, 3.8) is 0 Å². The van der Waals surface area contributed by atoms with Crippen LogP contribution in [-0.4, -0.2) is 25.4 Å². The topological polar surface area (TPSA) is 67.3 Å². The molecule has 0 aliphatic heterocycles. The highest BCUT2D eigenvalue weighted by atomic mass is 15.4. The van der Waals surface area contributed by atoms with Gasteiger partial charge in [0.25, 0.3) is 0 Å². The minimum absolute atomic E-state index is 0.563. The number of hydrogen-bond donors (Lipinski definition) is 1. The number of aromatic amines is 1. The molecule has 5 nitrogen and oxygen atoms in total. The summed E-state index contributed by atoms with van der Waals surface area (Å²) in [5.74, 6) is 0. The second-order valence-corrected chi connectivity index (χ2v) is 3.51. The number of aromatic nitrogens is 5. The predicted molar refractivity (Wildman–Crippen MR) is 58.7 cm³/mol. The molecule has 0 amide bonds. The summed E-state index contributed by atoms with van der Waals surface area (Å²) in [7, 11) is 0. The van der Waals surface area contributed by atoms with Crippen LogP contribution < -0.4 is 0 Å². The highest BCUT2D eigenvalue weighted by molar-refractivity contribution is 5.62. The van der Waals surface area contributed by atoms with Gasteiger partial charge in [-0.1, -0.05) is 35.5 Å². The summed E-state index contributed by atoms with van der Waals surface area (Å²) >= 11 is 0. The lowest BCUT2D eigenvalue weighted by atomic mass is 10.1. The van der Waals surface area contributed by atoms with Crippen LogP contribution in [0, 0.1) is 0 Å². The fourth-order valence-electron chi connectivity index (χ4n) is 1.57. The standard InChI is InChI=1S/C11H9N5/c1-2-4-8(5-3-1)6-9-7-12-10-11(13-9)15-16-14-10/h1-5,7H,6H2,(H,12,13,14,15,16). The average Bonchev–Trinajstić information content (AvgIpc) is 2.77. The van der Waals surface area contributed by atoms with Crippen molar-refractivity contribution >= 4 is 11.3 Å². The van der Waals surface area contributed by atoms with Crippen molar-refractivity contribution in [2.75, 3.05) is 0 Å². The lowest BCUT2D eigenvalue weighted by molar-refractivity contribution is 0.950. The number of H-pyrrole nitrogens is 1. The lowest BCUT2D eigenvalue weighted by Crippen LogP contribution is -1.94. The number of benzene rings is 1. The van der Waals surface area contributed by atoms with Gasteiger partial charge in [0.1, 0.15) is 0 Å². The summed E-state index contributed by atoms with van der Waals surface area (Å²) in [4.78, 5) is 8.56. The van der Waals surface area contributed by atoms with Crippen LogP contribution in [0.1, 0.15) is 11.3 Å². The molecule has 0 radical (unpaired) electrons. The Morgan fingerprint density at radius 3 is 2.88 bits per heavy atom. The fourth-order valence-corrected chi connectivity index (χ4v) is 1.57. The Morgan fingerprint density at radius 1 is 1.12 bits per heavy atom. The van der Waals surface area contributed by atoms with Gasteiger partial charge >= 0.3 is 0 Å². The molecule has 0 spiro atoms. The van der Waals surface area contributed by atoms with Crippen molar-refractivity contribution in [3.8, 4) is 0 Å². The smallest absolute Gasteiger partial charge is 0.221 e. The predicted octanol–water partition coefficient (Wildman–Crippen LogP) is 1.34. The van der Waals surface area contributed by atoms with Gasteiger partial charge in [0.15, 0.2) is 5.65 Å². The number of hydrogen-bond acceptors (Lipinski definition) is 4. The molecule has 0 saturated heterocycles. The van der Waals surface area contributed by atoms with E-state index < -0.39 is 0 Å². The van der Waals surface area contributed by atoms with Crippen molar-refractivity contribution in [3.05, 3.63) is 47.8 Å². The van der Waals surface area contributed by atoms with E-state index in [0.717, 1.165) is 12.1 Å². The maximum absolute atomic E-state index is 4.36. The molecule has 1 N–H and O–H groups in total. The molecule has 0 aliphatic rings. The molecule has 0 fully saturated rings. The molecule has 0 bridgehead atoms. The first-order chi connectivity index (χ1) is 7.92. The van der Waals surface area contributed by atoms with Gasteiger partial charge in [0, 0.05) is 6.42 Å². The van der Waals surface area contributed by atoms with Crippen LogP contribution in [-0.2, 0) is 6.42 Å². The van der Waals surface area contributed by atoms with E-state index in [9.17, 15) is 0 Å². The number of rotatable bonds is 2. The number of nitrogens with zero attached hydrogens (tertiary/aromatic N) is 4. The van der Waals surface area contributed by atoms with E-state index in [4.69, 9.17) is 0 Å². The highest BCUT2D eigenvalue weighted by Gasteiger charge is 2.03. The van der Waals surface area contributed by atoms with Gasteiger partial charge < -0.3 is 0 Å². The maximum Gasteiger partial charge on any atom is 0.221 e. The Morgan fingerprint density at radius 2 is 2.00 bits per heavy atom. The van der Waals surface area contributed by atoms with Crippen LogP contribution in [0.4, 0.5) is 0 Å². The van der Waals surface area contributed by atoms with E-state index in [1.807, 2.05) is 18.2 Å². The van der Waals surface area contributed by atoms with Crippen LogP contribution in [0.25, 0.3) is 11.3 Å². The third-order valence-corrected chi connectivity index (χ3v) is 2.33. The zero-order chi connectivity index (χ0) is 10.8. The molecular weight excluding hydrogens is 202 g/mol. The van der Waals surface area contributed by atoms with Crippen molar-refractivity contribution in [2.24, 2.45) is 0 Å². The van der Waals surface area contributed by atoms with Gasteiger partial charge in [0.2, 0.25) is 5.65 Å². The van der Waals surface area contributed by atoms with Crippen molar-refractivity contribution < 1.29 is 0 Å². The van der Waals surface area contributed by atoms with Crippen LogP contribution in [0.15, 0.2) is 36.5 Å². The quantitative estimate of drug-likeness (QED) is 0.694. The van der Waals surface area contributed by atoms with Crippen LogP contribution in [0.2, 0.25) is 0 Å². The van der Waals surface area contributed by atoms with Crippen molar-refractivity contribution in [1.82, 2.24) is 25.4 Å². The largest absolute Gasteiger partial charge is 0.239 e. The van der Waals surface area contributed by atoms with Gasteiger partial charge in [-0.2, -0.15) is 0 Å². The summed E-state index contributed by atoms with van der Waals surface area (Å²) in [5, 5.41) is 10.2. The second kappa shape index (κ2) is 3.69. The van der Waals surface area contributed by atoms with E-state index >= 15 is 0 Å². The first kappa shape index (κ1) is 8.96. The first-order valence-electron chi connectivity index (χ1n) is 4.98. The highest BCUT2D eigenvalue weighted by Crippen LogP contribution is 2.08. The molecule has 0 saturated carbocycles. The van der Waals surface area contributed by atoms with E-state index in [2.05, 4.69) is 37.5 Å². The molecule has 3 rings (SSSR count). The summed E-state index contributed by atoms with van der Waals surface area (Å²) in [5.41, 5.74) is 3.29. The molecule has 0 unspecified atom stereocenters. The van der Waals surface area contributed by atoms with Gasteiger partial charge in [-0.25, -0.2) is 15.1 Å². The van der Waals surface area contributed by atoms with E-state index in [0.29, 0.717) is 11.3 Å². The molecular formula is C11H9N5. The Labute approximate surface area is 91.6 Å². The Bertz CT molecular complexity index is 602. The number of nitrogens with one attached hydrogen (secondary N) is 1. The molecule has 2 heterocycles. The molecule has 2 aromatic heterocycles. The Kier molecular flexibility index (Phi) is 2.07. The monoisotopic (exact) mass is 211 g/mol. The third kappa shape index (κ3) is 1.63. The minimum Gasteiger partial charge on any atom is -0.239 e. The van der Waals surface area contributed by atoms with E-state index in [1.54, 1.807) is 6.20 Å². The van der Waals surface area contributed by atoms with Gasteiger partial charge in [-0.3, -0.25) is 0 Å². The third-order valence-electron chi connectivity index (χ3n) is 2.33. The van der Waals surface area contributed by atoms with Crippen molar-refractivity contribution in [1.29, 1.82) is 0 Å². The van der Waals surface area contributed by atoms with E-state index in [1.165, 1.54) is 5.56 Å². The van der Waals surface area contributed by atoms with E-state index in [-0.39, 0.29) is 0 Å². The molecule has 1 aromatic carbocycles. The summed E-state index contributed by atoms with van der Waals surface area (Å²) < 4.78 is 0. The summed E-state index contributed by atoms with van der Waals surface area (Å²) in [6, 6.07) is 10.1. The lowest BCUT2D eigenvalue weighted by Gasteiger charge is -1.99. The summed E-state index contributed by atoms with van der Waals surface area (Å²) in [6.07, 6.45) is 2.51. The van der Waals surface area contributed by atoms with Crippen molar-refractivity contribution in [2.45, 2.75) is 6.42 Å². The SMILES string of the molecule is c1ccc(Cc2cnc3[nH]nnc3n2)cc1. The number of fused-ring (bicyclic) bond motifs is 1. The van der Waals surface area contributed by atoms with Crippen LogP contribution >= 0.6 is 0 Å². The first-order valence-corrected chi connectivity index (χ1v) is 4.98. The van der Waals surface area contributed by atoms with Crippen LogP contribution in [0.3, 0.4) is 0 Å². The second-order valence-electron chi connectivity index (χ2n) is 3.51. The normalized spacial score (nSPS) is 10.8. The Balaban J connectivity index is 1.94.